The lowest BCUT2D eigenvalue weighted by Gasteiger charge is -2.05. The quantitative estimate of drug-likeness (QED) is 0.778. The van der Waals surface area contributed by atoms with Gasteiger partial charge < -0.3 is 14.7 Å². The van der Waals surface area contributed by atoms with Gasteiger partial charge in [0.1, 0.15) is 11.3 Å². The molecule has 5 heteroatoms. The predicted octanol–water partition coefficient (Wildman–Crippen LogP) is 2.04. The number of nitrogens with zero attached hydrogens (tertiary/aromatic N) is 3. The minimum Gasteiger partial charge on any atom is -0.443 e. The Labute approximate surface area is 111 Å². The highest BCUT2D eigenvalue weighted by atomic mass is 16.3. The number of hydrogen-bond acceptors (Lipinski definition) is 4. The fourth-order valence-electron chi connectivity index (χ4n) is 2.31. The molecule has 0 saturated carbocycles. The molecule has 1 aromatic carbocycles. The van der Waals surface area contributed by atoms with E-state index in [1.807, 2.05) is 32.2 Å². The van der Waals surface area contributed by atoms with Crippen molar-refractivity contribution in [2.45, 2.75) is 13.3 Å². The van der Waals surface area contributed by atoms with Crippen LogP contribution in [0.3, 0.4) is 0 Å². The second kappa shape index (κ2) is 4.51. The van der Waals surface area contributed by atoms with Gasteiger partial charge in [0.15, 0.2) is 12.0 Å². The van der Waals surface area contributed by atoms with Crippen LogP contribution in [-0.2, 0) is 13.5 Å². The Bertz CT molecular complexity index is 726. The highest BCUT2D eigenvalue weighted by Gasteiger charge is 2.14. The van der Waals surface area contributed by atoms with Crippen molar-refractivity contribution in [2.75, 3.05) is 6.54 Å². The summed E-state index contributed by atoms with van der Waals surface area (Å²) in [4.78, 5) is 8.76. The smallest absolute Gasteiger partial charge is 0.181 e. The van der Waals surface area contributed by atoms with Gasteiger partial charge in [-0.1, -0.05) is 6.07 Å². The van der Waals surface area contributed by atoms with Crippen molar-refractivity contribution in [1.29, 1.82) is 0 Å². The highest BCUT2D eigenvalue weighted by molar-refractivity contribution is 5.79. The van der Waals surface area contributed by atoms with E-state index in [0.29, 0.717) is 6.54 Å². The molecule has 2 N–H and O–H groups in total. The average Bonchev–Trinajstić information content (AvgIpc) is 2.98. The number of fused-ring (bicyclic) bond motifs is 1. The lowest BCUT2D eigenvalue weighted by atomic mass is 10.1. The molecule has 0 unspecified atom stereocenters. The maximum absolute atomic E-state index is 5.69. The van der Waals surface area contributed by atoms with E-state index in [1.54, 1.807) is 0 Å². The summed E-state index contributed by atoms with van der Waals surface area (Å²) < 4.78 is 7.44. The lowest BCUT2D eigenvalue weighted by molar-refractivity contribution is 0.602. The molecule has 3 aromatic rings. The summed E-state index contributed by atoms with van der Waals surface area (Å²) in [7, 11) is 2.02. The van der Waals surface area contributed by atoms with Crippen molar-refractivity contribution >= 4 is 11.1 Å². The number of oxazole rings is 1. The summed E-state index contributed by atoms with van der Waals surface area (Å²) in [6.45, 7) is 2.60. The normalized spacial score (nSPS) is 11.3. The standard InChI is InChI=1S/C14H16N4O/c1-9-17-14(12(5-6-15)18(9)2)10-3-4-11-13(7-10)19-8-16-11/h3-4,7-8H,5-6,15H2,1-2H3. The molecule has 98 valence electrons. The summed E-state index contributed by atoms with van der Waals surface area (Å²) in [6.07, 6.45) is 2.26. The third-order valence-electron chi connectivity index (χ3n) is 3.42. The first kappa shape index (κ1) is 11.9. The van der Waals surface area contributed by atoms with Gasteiger partial charge in [-0.25, -0.2) is 9.97 Å². The minimum absolute atomic E-state index is 0.608. The molecular formula is C14H16N4O. The third-order valence-corrected chi connectivity index (χ3v) is 3.42. The molecule has 0 bridgehead atoms. The molecular weight excluding hydrogens is 240 g/mol. The first-order valence-electron chi connectivity index (χ1n) is 6.26. The summed E-state index contributed by atoms with van der Waals surface area (Å²) >= 11 is 0. The number of benzene rings is 1. The molecule has 0 amide bonds. The molecule has 3 rings (SSSR count). The van der Waals surface area contributed by atoms with E-state index in [9.17, 15) is 0 Å². The number of rotatable bonds is 3. The van der Waals surface area contributed by atoms with Crippen LogP contribution in [0.15, 0.2) is 29.0 Å². The second-order valence-electron chi connectivity index (χ2n) is 4.59. The van der Waals surface area contributed by atoms with Crippen LogP contribution in [0.4, 0.5) is 0 Å². The van der Waals surface area contributed by atoms with Crippen LogP contribution in [0.25, 0.3) is 22.4 Å². The molecule has 0 atom stereocenters. The Morgan fingerprint density at radius 1 is 1.37 bits per heavy atom. The number of imidazole rings is 1. The Kier molecular flexibility index (Phi) is 2.83. The van der Waals surface area contributed by atoms with Gasteiger partial charge in [-0.3, -0.25) is 0 Å². The van der Waals surface area contributed by atoms with Gasteiger partial charge in [-0.05, 0) is 25.6 Å². The van der Waals surface area contributed by atoms with Crippen LogP contribution < -0.4 is 5.73 Å². The second-order valence-corrected chi connectivity index (χ2v) is 4.59. The van der Waals surface area contributed by atoms with Crippen LogP contribution in [0.5, 0.6) is 0 Å². The number of aromatic nitrogens is 3. The number of hydrogen-bond donors (Lipinski definition) is 1. The van der Waals surface area contributed by atoms with E-state index >= 15 is 0 Å². The summed E-state index contributed by atoms with van der Waals surface area (Å²) in [5.41, 5.74) is 10.5. The zero-order valence-corrected chi connectivity index (χ0v) is 11.1. The molecule has 0 saturated heterocycles. The van der Waals surface area contributed by atoms with Crippen molar-refractivity contribution < 1.29 is 4.42 Å². The van der Waals surface area contributed by atoms with Crippen LogP contribution >= 0.6 is 0 Å². The molecule has 19 heavy (non-hydrogen) atoms. The van der Waals surface area contributed by atoms with Crippen molar-refractivity contribution in [2.24, 2.45) is 12.8 Å². The number of nitrogens with two attached hydrogens (primary N) is 1. The van der Waals surface area contributed by atoms with Crippen LogP contribution in [0.1, 0.15) is 11.5 Å². The molecule has 0 radical (unpaired) electrons. The van der Waals surface area contributed by atoms with Crippen LogP contribution in [0, 0.1) is 6.92 Å². The predicted molar refractivity (Wildman–Crippen MR) is 73.7 cm³/mol. The Balaban J connectivity index is 2.17. The Morgan fingerprint density at radius 2 is 2.21 bits per heavy atom. The molecule has 5 nitrogen and oxygen atoms in total. The van der Waals surface area contributed by atoms with Crippen molar-refractivity contribution in [3.63, 3.8) is 0 Å². The van der Waals surface area contributed by atoms with Crippen LogP contribution in [-0.4, -0.2) is 21.1 Å². The monoisotopic (exact) mass is 256 g/mol. The largest absolute Gasteiger partial charge is 0.443 e. The van der Waals surface area contributed by atoms with Gasteiger partial charge in [0, 0.05) is 24.7 Å². The average molecular weight is 256 g/mol. The van der Waals surface area contributed by atoms with Crippen molar-refractivity contribution in [3.8, 4) is 11.3 Å². The third kappa shape index (κ3) is 1.92. The van der Waals surface area contributed by atoms with Gasteiger partial charge in [-0.2, -0.15) is 0 Å². The maximum Gasteiger partial charge on any atom is 0.181 e. The molecule has 0 aliphatic heterocycles. The molecule has 0 aliphatic carbocycles. The Morgan fingerprint density at radius 3 is 3.00 bits per heavy atom. The molecule has 2 heterocycles. The first-order valence-corrected chi connectivity index (χ1v) is 6.26. The summed E-state index contributed by atoms with van der Waals surface area (Å²) in [5.74, 6) is 0.983. The minimum atomic E-state index is 0.608. The Hall–Kier alpha value is -2.14. The topological polar surface area (TPSA) is 69.9 Å². The fourth-order valence-corrected chi connectivity index (χ4v) is 2.31. The summed E-state index contributed by atoms with van der Waals surface area (Å²) in [6, 6.07) is 5.95. The fraction of sp³-hybridized carbons (Fsp3) is 0.286. The van der Waals surface area contributed by atoms with E-state index in [2.05, 4.69) is 14.5 Å². The lowest BCUT2D eigenvalue weighted by Crippen LogP contribution is -2.08. The highest BCUT2D eigenvalue weighted by Crippen LogP contribution is 2.26. The SMILES string of the molecule is Cc1nc(-c2ccc3ncoc3c2)c(CCN)n1C. The first-order chi connectivity index (χ1) is 9.20. The van der Waals surface area contributed by atoms with Gasteiger partial charge in [-0.15, -0.1) is 0 Å². The van der Waals surface area contributed by atoms with Crippen LogP contribution in [0.2, 0.25) is 0 Å². The van der Waals surface area contributed by atoms with Gasteiger partial charge in [0.25, 0.3) is 0 Å². The van der Waals surface area contributed by atoms with E-state index in [4.69, 9.17) is 10.2 Å². The molecule has 0 spiro atoms. The molecule has 2 aromatic heterocycles. The molecule has 0 aliphatic rings. The van der Waals surface area contributed by atoms with Gasteiger partial charge >= 0.3 is 0 Å². The van der Waals surface area contributed by atoms with Crippen molar-refractivity contribution in [1.82, 2.24) is 14.5 Å². The van der Waals surface area contributed by atoms with Gasteiger partial charge in [0.2, 0.25) is 0 Å². The zero-order chi connectivity index (χ0) is 13.4. The van der Waals surface area contributed by atoms with E-state index in [-0.39, 0.29) is 0 Å². The van der Waals surface area contributed by atoms with E-state index in [1.165, 1.54) is 6.39 Å². The molecule has 0 fully saturated rings. The maximum atomic E-state index is 5.69. The number of aryl methyl sites for hydroxylation is 1. The van der Waals surface area contributed by atoms with E-state index < -0.39 is 0 Å². The van der Waals surface area contributed by atoms with Crippen molar-refractivity contribution in [3.05, 3.63) is 36.1 Å². The van der Waals surface area contributed by atoms with Gasteiger partial charge in [0.05, 0.1) is 5.69 Å². The summed E-state index contributed by atoms with van der Waals surface area (Å²) in [5, 5.41) is 0. The zero-order valence-electron chi connectivity index (χ0n) is 11.1. The van der Waals surface area contributed by atoms with E-state index in [0.717, 1.165) is 40.3 Å².